The van der Waals surface area contributed by atoms with Gasteiger partial charge in [-0.15, -0.1) is 0 Å². The van der Waals surface area contributed by atoms with Gasteiger partial charge in [-0.25, -0.2) is 19.6 Å². The molecule has 2 rings (SSSR count). The molecule has 1 fully saturated rings. The van der Waals surface area contributed by atoms with Crippen molar-refractivity contribution in [2.45, 2.75) is 33.1 Å². The zero-order valence-electron chi connectivity index (χ0n) is 12.0. The second-order valence-electron chi connectivity index (χ2n) is 5.69. The van der Waals surface area contributed by atoms with Gasteiger partial charge in [0.2, 0.25) is 0 Å². The lowest BCUT2D eigenvalue weighted by Crippen LogP contribution is -2.27. The van der Waals surface area contributed by atoms with Gasteiger partial charge in [0, 0.05) is 19.2 Å². The molecule has 1 saturated heterocycles. The Balaban J connectivity index is 2.19. The molecule has 1 aliphatic rings. The molecule has 2 heterocycles. The first-order valence-corrected chi connectivity index (χ1v) is 7.10. The summed E-state index contributed by atoms with van der Waals surface area (Å²) >= 11 is 0. The molecule has 0 aliphatic carbocycles. The number of halogens is 2. The number of nitrogens with one attached hydrogen (secondary N) is 1. The Morgan fingerprint density at radius 2 is 2.05 bits per heavy atom. The van der Waals surface area contributed by atoms with Gasteiger partial charge in [0.1, 0.15) is 0 Å². The fraction of sp³-hybridized carbons (Fsp3) is 0.643. The Labute approximate surface area is 118 Å². The quantitative estimate of drug-likeness (QED) is 0.662. The van der Waals surface area contributed by atoms with Gasteiger partial charge in [0.15, 0.2) is 23.3 Å². The monoisotopic (exact) mass is 284 g/mol. The standard InChI is InChI=1S/C14H22F2N4/c1-9(2)10-4-3-6-20(7-5-10)14-12(16)8-11(15)13(18-14)19-17/h8-10H,3-7,17H2,1-2H3,(H,18,19). The molecule has 1 aromatic rings. The molecule has 112 valence electrons. The Kier molecular flexibility index (Phi) is 4.75. The third-order valence-electron chi connectivity index (χ3n) is 4.06. The lowest BCUT2D eigenvalue weighted by Gasteiger charge is -2.23. The van der Waals surface area contributed by atoms with Crippen LogP contribution in [0.2, 0.25) is 0 Å². The smallest absolute Gasteiger partial charge is 0.178 e. The molecule has 1 unspecified atom stereocenters. The fourth-order valence-corrected chi connectivity index (χ4v) is 2.78. The molecule has 1 atom stereocenters. The molecule has 6 heteroatoms. The SMILES string of the molecule is CC(C)C1CCCN(c2nc(NN)c(F)cc2F)CC1. The van der Waals surface area contributed by atoms with Crippen LogP contribution in [0.1, 0.15) is 33.1 Å². The highest BCUT2D eigenvalue weighted by Crippen LogP contribution is 2.28. The van der Waals surface area contributed by atoms with Crippen LogP contribution < -0.4 is 16.2 Å². The molecule has 0 radical (unpaired) electrons. The van der Waals surface area contributed by atoms with Crippen molar-refractivity contribution >= 4 is 11.6 Å². The number of anilines is 2. The van der Waals surface area contributed by atoms with Gasteiger partial charge in [-0.3, -0.25) is 0 Å². The first kappa shape index (κ1) is 15.0. The van der Waals surface area contributed by atoms with Crippen molar-refractivity contribution in [3.05, 3.63) is 17.7 Å². The van der Waals surface area contributed by atoms with Crippen molar-refractivity contribution in [3.8, 4) is 0 Å². The molecule has 4 nitrogen and oxygen atoms in total. The molecule has 3 N–H and O–H groups in total. The van der Waals surface area contributed by atoms with E-state index in [-0.39, 0.29) is 11.6 Å². The van der Waals surface area contributed by atoms with Gasteiger partial charge in [-0.05, 0) is 31.1 Å². The third kappa shape index (κ3) is 3.17. The molecule has 0 bridgehead atoms. The van der Waals surface area contributed by atoms with Crippen LogP contribution in [-0.4, -0.2) is 18.1 Å². The van der Waals surface area contributed by atoms with E-state index in [1.54, 1.807) is 0 Å². The summed E-state index contributed by atoms with van der Waals surface area (Å²) in [6.45, 7) is 5.91. The van der Waals surface area contributed by atoms with Crippen molar-refractivity contribution in [2.24, 2.45) is 17.7 Å². The van der Waals surface area contributed by atoms with E-state index in [0.717, 1.165) is 38.4 Å². The summed E-state index contributed by atoms with van der Waals surface area (Å²) in [4.78, 5) is 5.85. The van der Waals surface area contributed by atoms with Crippen LogP contribution in [0.15, 0.2) is 6.07 Å². The zero-order valence-corrected chi connectivity index (χ0v) is 12.0. The van der Waals surface area contributed by atoms with Crippen LogP contribution in [0, 0.1) is 23.5 Å². The topological polar surface area (TPSA) is 54.2 Å². The van der Waals surface area contributed by atoms with Crippen molar-refractivity contribution in [1.29, 1.82) is 0 Å². The summed E-state index contributed by atoms with van der Waals surface area (Å²) in [5.74, 6) is 5.13. The largest absolute Gasteiger partial charge is 0.354 e. The minimum absolute atomic E-state index is 0.119. The van der Waals surface area contributed by atoms with Crippen molar-refractivity contribution in [3.63, 3.8) is 0 Å². The van der Waals surface area contributed by atoms with Gasteiger partial charge in [0.25, 0.3) is 0 Å². The number of nitrogen functional groups attached to an aromatic ring is 1. The van der Waals surface area contributed by atoms with E-state index in [1.807, 2.05) is 4.90 Å². The average molecular weight is 284 g/mol. The second-order valence-corrected chi connectivity index (χ2v) is 5.69. The summed E-state index contributed by atoms with van der Waals surface area (Å²) in [6.07, 6.45) is 3.13. The van der Waals surface area contributed by atoms with Gasteiger partial charge in [0.05, 0.1) is 0 Å². The molecule has 0 aromatic carbocycles. The number of hydrazine groups is 1. The number of rotatable bonds is 3. The average Bonchev–Trinajstić information content (AvgIpc) is 2.65. The predicted molar refractivity (Wildman–Crippen MR) is 76.4 cm³/mol. The van der Waals surface area contributed by atoms with E-state index < -0.39 is 11.6 Å². The maximum absolute atomic E-state index is 13.9. The van der Waals surface area contributed by atoms with Crippen LogP contribution in [0.25, 0.3) is 0 Å². The predicted octanol–water partition coefficient (Wildman–Crippen LogP) is 2.91. The van der Waals surface area contributed by atoms with E-state index >= 15 is 0 Å². The normalized spacial score (nSPS) is 20.1. The number of nitrogens with zero attached hydrogens (tertiary/aromatic N) is 2. The van der Waals surface area contributed by atoms with Crippen molar-refractivity contribution in [1.82, 2.24) is 4.98 Å². The Morgan fingerprint density at radius 1 is 1.30 bits per heavy atom. The highest BCUT2D eigenvalue weighted by atomic mass is 19.1. The Bertz CT molecular complexity index is 465. The number of aromatic nitrogens is 1. The number of hydrogen-bond donors (Lipinski definition) is 2. The van der Waals surface area contributed by atoms with Gasteiger partial charge < -0.3 is 10.3 Å². The first-order valence-electron chi connectivity index (χ1n) is 7.10. The molecule has 1 aromatic heterocycles. The van der Waals surface area contributed by atoms with E-state index in [0.29, 0.717) is 11.8 Å². The maximum Gasteiger partial charge on any atom is 0.178 e. The fourth-order valence-electron chi connectivity index (χ4n) is 2.78. The van der Waals surface area contributed by atoms with E-state index in [9.17, 15) is 8.78 Å². The number of nitrogens with two attached hydrogens (primary N) is 1. The second kappa shape index (κ2) is 6.35. The molecule has 0 saturated carbocycles. The summed E-state index contributed by atoms with van der Waals surface area (Å²) < 4.78 is 27.3. The maximum atomic E-state index is 13.9. The molecular formula is C14H22F2N4. The van der Waals surface area contributed by atoms with Crippen LogP contribution in [0.4, 0.5) is 20.4 Å². The Morgan fingerprint density at radius 3 is 2.70 bits per heavy atom. The van der Waals surface area contributed by atoms with Crippen LogP contribution in [0.3, 0.4) is 0 Å². The minimum atomic E-state index is -0.774. The number of pyridine rings is 1. The molecule has 20 heavy (non-hydrogen) atoms. The summed E-state index contributed by atoms with van der Waals surface area (Å²) in [5.41, 5.74) is 2.17. The Hall–Kier alpha value is -1.43. The van der Waals surface area contributed by atoms with E-state index in [1.165, 1.54) is 0 Å². The van der Waals surface area contributed by atoms with Crippen LogP contribution >= 0.6 is 0 Å². The first-order chi connectivity index (χ1) is 9.52. The lowest BCUT2D eigenvalue weighted by molar-refractivity contribution is 0.351. The van der Waals surface area contributed by atoms with Gasteiger partial charge in [-0.1, -0.05) is 13.8 Å². The van der Waals surface area contributed by atoms with E-state index in [2.05, 4.69) is 24.3 Å². The van der Waals surface area contributed by atoms with Crippen molar-refractivity contribution in [2.75, 3.05) is 23.4 Å². The van der Waals surface area contributed by atoms with Crippen molar-refractivity contribution < 1.29 is 8.78 Å². The molecule has 0 spiro atoms. The number of hydrogen-bond acceptors (Lipinski definition) is 4. The van der Waals surface area contributed by atoms with Crippen LogP contribution in [0.5, 0.6) is 0 Å². The highest BCUT2D eigenvalue weighted by Gasteiger charge is 2.23. The summed E-state index contributed by atoms with van der Waals surface area (Å²) in [6, 6.07) is 0.836. The summed E-state index contributed by atoms with van der Waals surface area (Å²) in [5, 5.41) is 0. The van der Waals surface area contributed by atoms with E-state index in [4.69, 9.17) is 5.84 Å². The van der Waals surface area contributed by atoms with Gasteiger partial charge in [-0.2, -0.15) is 0 Å². The third-order valence-corrected chi connectivity index (χ3v) is 4.06. The molecule has 0 amide bonds. The molecule has 1 aliphatic heterocycles. The zero-order chi connectivity index (χ0) is 14.7. The molecular weight excluding hydrogens is 262 g/mol. The minimum Gasteiger partial charge on any atom is -0.354 e. The lowest BCUT2D eigenvalue weighted by atomic mass is 9.89. The summed E-state index contributed by atoms with van der Waals surface area (Å²) in [7, 11) is 0. The van der Waals surface area contributed by atoms with Gasteiger partial charge >= 0.3 is 0 Å². The highest BCUT2D eigenvalue weighted by molar-refractivity contribution is 5.48. The van der Waals surface area contributed by atoms with Crippen LogP contribution in [-0.2, 0) is 0 Å².